The number of ether oxygens (including phenoxy) is 1. The third kappa shape index (κ3) is 6.50. The Labute approximate surface area is 214 Å². The Balaban J connectivity index is 1.63. The minimum atomic E-state index is -4.87. The maximum absolute atomic E-state index is 13.6. The molecule has 1 fully saturated rings. The molecule has 3 aromatic rings. The summed E-state index contributed by atoms with van der Waals surface area (Å²) >= 11 is 1.23. The van der Waals surface area contributed by atoms with E-state index in [1.807, 2.05) is 24.3 Å². The number of hydrogen-bond acceptors (Lipinski definition) is 5. The van der Waals surface area contributed by atoms with Crippen LogP contribution in [-0.4, -0.2) is 50.7 Å². The molecule has 5 nitrogen and oxygen atoms in total. The number of halogens is 6. The van der Waals surface area contributed by atoms with Crippen molar-refractivity contribution in [3.8, 4) is 5.75 Å². The van der Waals surface area contributed by atoms with Crippen LogP contribution in [0, 0.1) is 6.92 Å². The van der Waals surface area contributed by atoms with Gasteiger partial charge in [-0.3, -0.25) is 9.21 Å². The Morgan fingerprint density at radius 3 is 2.35 bits per heavy atom. The topological polar surface area (TPSA) is 49.9 Å². The summed E-state index contributed by atoms with van der Waals surface area (Å²) in [5.41, 5.74) is 1.08. The number of thiophene rings is 1. The minimum absolute atomic E-state index is 0.0744. The summed E-state index contributed by atoms with van der Waals surface area (Å²) in [6.07, 6.45) is -9.05. The fraction of sp³-hybridized carbons (Fsp3) is 0.417. The van der Waals surface area contributed by atoms with Crippen molar-refractivity contribution < 1.29 is 39.5 Å². The molecule has 2 heterocycles. The van der Waals surface area contributed by atoms with Gasteiger partial charge in [-0.2, -0.15) is 13.2 Å². The van der Waals surface area contributed by atoms with E-state index in [4.69, 9.17) is 0 Å². The SMILES string of the molecule is Cc1c(N(Cc2ccc(OC(F)(F)F)cc2)S(=O)(=O)CCN2CCCC2C(F)(F)F)sc2ccccc12. The van der Waals surface area contributed by atoms with Gasteiger partial charge in [0.25, 0.3) is 0 Å². The molecule has 4 rings (SSSR count). The van der Waals surface area contributed by atoms with E-state index in [-0.39, 0.29) is 26.1 Å². The Bertz CT molecular complexity index is 1340. The molecule has 1 saturated heterocycles. The highest BCUT2D eigenvalue weighted by Gasteiger charge is 2.46. The molecule has 1 aliphatic heterocycles. The standard InChI is InChI=1S/C24H24F6N2O3S2/c1-16-19-5-2-3-6-20(19)36-22(16)32(15-17-8-10-18(11-9-17)35-24(28,29)30)37(33,34)14-13-31-12-4-7-21(31)23(25,26)27/h2-3,5-6,8-11,21H,4,7,12-15H2,1H3. The molecule has 0 aliphatic carbocycles. The van der Waals surface area contributed by atoms with E-state index < -0.39 is 40.1 Å². The molecule has 0 N–H and O–H groups in total. The van der Waals surface area contributed by atoms with Crippen LogP contribution in [0.2, 0.25) is 0 Å². The van der Waals surface area contributed by atoms with Gasteiger partial charge in [0.2, 0.25) is 10.0 Å². The molecule has 0 bridgehead atoms. The average molecular weight is 567 g/mol. The second-order valence-corrected chi connectivity index (χ2v) is 11.8. The van der Waals surface area contributed by atoms with E-state index in [0.717, 1.165) is 31.4 Å². The molecule has 1 aromatic heterocycles. The molecule has 13 heteroatoms. The van der Waals surface area contributed by atoms with Crippen LogP contribution in [-0.2, 0) is 16.6 Å². The first kappa shape index (κ1) is 27.5. The molecule has 0 saturated carbocycles. The molecule has 202 valence electrons. The Hall–Kier alpha value is -2.51. The summed E-state index contributed by atoms with van der Waals surface area (Å²) in [6.45, 7) is 1.43. The second kappa shape index (κ2) is 10.3. The zero-order valence-electron chi connectivity index (χ0n) is 19.6. The molecule has 0 radical (unpaired) electrons. The third-order valence-electron chi connectivity index (χ3n) is 6.24. The number of sulfonamides is 1. The first-order valence-electron chi connectivity index (χ1n) is 11.4. The van der Waals surface area contributed by atoms with Crippen molar-refractivity contribution in [2.45, 2.75) is 44.9 Å². The Kier molecular flexibility index (Phi) is 7.69. The number of anilines is 1. The van der Waals surface area contributed by atoms with Crippen molar-refractivity contribution >= 4 is 36.4 Å². The minimum Gasteiger partial charge on any atom is -0.406 e. The number of alkyl halides is 6. The fourth-order valence-electron chi connectivity index (χ4n) is 4.47. The lowest BCUT2D eigenvalue weighted by Gasteiger charge is -2.29. The summed E-state index contributed by atoms with van der Waals surface area (Å²) in [5.74, 6) is -0.987. The predicted molar refractivity (Wildman–Crippen MR) is 130 cm³/mol. The molecule has 0 spiro atoms. The zero-order valence-corrected chi connectivity index (χ0v) is 21.3. The molecule has 2 aromatic carbocycles. The highest BCUT2D eigenvalue weighted by Crippen LogP contribution is 2.40. The number of fused-ring (bicyclic) bond motifs is 1. The normalized spacial score (nSPS) is 17.4. The van der Waals surface area contributed by atoms with Crippen LogP contribution in [0.5, 0.6) is 5.75 Å². The zero-order chi connectivity index (χ0) is 27.0. The first-order chi connectivity index (χ1) is 17.2. The van der Waals surface area contributed by atoms with Crippen LogP contribution >= 0.6 is 11.3 Å². The van der Waals surface area contributed by atoms with Crippen molar-refractivity contribution in [2.24, 2.45) is 0 Å². The lowest BCUT2D eigenvalue weighted by Crippen LogP contribution is -2.44. The number of rotatable bonds is 8. The summed E-state index contributed by atoms with van der Waals surface area (Å²) in [6, 6.07) is 10.5. The van der Waals surface area contributed by atoms with Crippen molar-refractivity contribution in [3.05, 3.63) is 59.7 Å². The quantitative estimate of drug-likeness (QED) is 0.293. The summed E-state index contributed by atoms with van der Waals surface area (Å²) in [4.78, 5) is 1.15. The van der Waals surface area contributed by atoms with E-state index in [1.165, 1.54) is 23.5 Å². The van der Waals surface area contributed by atoms with Gasteiger partial charge in [0.1, 0.15) is 16.8 Å². The molecular weight excluding hydrogens is 542 g/mol. The van der Waals surface area contributed by atoms with Crippen LogP contribution in [0.1, 0.15) is 24.0 Å². The summed E-state index contributed by atoms with van der Waals surface area (Å²) < 4.78 is 111. The molecule has 0 amide bonds. The van der Waals surface area contributed by atoms with Gasteiger partial charge in [-0.15, -0.1) is 24.5 Å². The number of nitrogens with zero attached hydrogens (tertiary/aromatic N) is 2. The van der Waals surface area contributed by atoms with Gasteiger partial charge in [0.05, 0.1) is 12.3 Å². The average Bonchev–Trinajstić information content (AvgIpc) is 3.41. The van der Waals surface area contributed by atoms with Gasteiger partial charge < -0.3 is 4.74 Å². The van der Waals surface area contributed by atoms with E-state index in [9.17, 15) is 34.8 Å². The van der Waals surface area contributed by atoms with Crippen LogP contribution in [0.25, 0.3) is 10.1 Å². The third-order valence-corrected chi connectivity index (χ3v) is 9.33. The molecule has 1 unspecified atom stereocenters. The second-order valence-electron chi connectivity index (χ2n) is 8.78. The van der Waals surface area contributed by atoms with Gasteiger partial charge in [0, 0.05) is 11.2 Å². The number of hydrogen-bond donors (Lipinski definition) is 0. The van der Waals surface area contributed by atoms with Crippen LogP contribution in [0.15, 0.2) is 48.5 Å². The van der Waals surface area contributed by atoms with Crippen molar-refractivity contribution in [3.63, 3.8) is 0 Å². The molecule has 1 aliphatic rings. The lowest BCUT2D eigenvalue weighted by molar-refractivity contribution is -0.274. The smallest absolute Gasteiger partial charge is 0.406 e. The first-order valence-corrected chi connectivity index (χ1v) is 13.8. The largest absolute Gasteiger partial charge is 0.573 e. The number of likely N-dealkylation sites (tertiary alicyclic amines) is 1. The molecular formula is C24H24F6N2O3S2. The molecule has 1 atom stereocenters. The maximum atomic E-state index is 13.6. The fourth-order valence-corrected chi connectivity index (χ4v) is 7.45. The van der Waals surface area contributed by atoms with Crippen molar-refractivity contribution in [1.29, 1.82) is 0 Å². The van der Waals surface area contributed by atoms with Gasteiger partial charge in [-0.25, -0.2) is 8.42 Å². The molecule has 37 heavy (non-hydrogen) atoms. The monoisotopic (exact) mass is 566 g/mol. The van der Waals surface area contributed by atoms with Crippen LogP contribution in [0.4, 0.5) is 31.3 Å². The Morgan fingerprint density at radius 1 is 1.05 bits per heavy atom. The van der Waals surface area contributed by atoms with E-state index in [1.54, 1.807) is 6.92 Å². The summed E-state index contributed by atoms with van der Waals surface area (Å²) in [5, 5.41) is 1.25. The Morgan fingerprint density at radius 2 is 1.73 bits per heavy atom. The van der Waals surface area contributed by atoms with Gasteiger partial charge in [-0.05, 0) is 61.0 Å². The lowest BCUT2D eigenvalue weighted by atomic mass is 10.2. The van der Waals surface area contributed by atoms with E-state index >= 15 is 0 Å². The number of aryl methyl sites for hydroxylation is 1. The number of benzene rings is 2. The van der Waals surface area contributed by atoms with Crippen LogP contribution in [0.3, 0.4) is 0 Å². The maximum Gasteiger partial charge on any atom is 0.573 e. The highest BCUT2D eigenvalue weighted by atomic mass is 32.2. The highest BCUT2D eigenvalue weighted by molar-refractivity contribution is 7.93. The predicted octanol–water partition coefficient (Wildman–Crippen LogP) is 6.47. The van der Waals surface area contributed by atoms with Crippen molar-refractivity contribution in [2.75, 3.05) is 23.1 Å². The van der Waals surface area contributed by atoms with Crippen molar-refractivity contribution in [1.82, 2.24) is 4.90 Å². The van der Waals surface area contributed by atoms with Gasteiger partial charge in [-0.1, -0.05) is 30.3 Å². The summed E-state index contributed by atoms with van der Waals surface area (Å²) in [7, 11) is -4.12. The van der Waals surface area contributed by atoms with E-state index in [2.05, 4.69) is 4.74 Å². The van der Waals surface area contributed by atoms with Gasteiger partial charge in [0.15, 0.2) is 0 Å². The van der Waals surface area contributed by atoms with Gasteiger partial charge >= 0.3 is 12.5 Å². The van der Waals surface area contributed by atoms with Crippen LogP contribution < -0.4 is 9.04 Å². The van der Waals surface area contributed by atoms with E-state index in [0.29, 0.717) is 22.5 Å².